The van der Waals surface area contributed by atoms with E-state index >= 15 is 0 Å². The summed E-state index contributed by atoms with van der Waals surface area (Å²) < 4.78 is 15.7. The first-order valence-corrected chi connectivity index (χ1v) is 9.32. The summed E-state index contributed by atoms with van der Waals surface area (Å²) in [6, 6.07) is 6.84. The number of carbonyl (C=O) groups is 2. The highest BCUT2D eigenvalue weighted by Crippen LogP contribution is 2.34. The van der Waals surface area contributed by atoms with Crippen molar-refractivity contribution in [3.63, 3.8) is 0 Å². The topological polar surface area (TPSA) is 131 Å². The van der Waals surface area contributed by atoms with Gasteiger partial charge in [0.05, 0.1) is 0 Å². The summed E-state index contributed by atoms with van der Waals surface area (Å²) >= 11 is 0. The number of amides is 1. The van der Waals surface area contributed by atoms with Crippen molar-refractivity contribution in [2.75, 3.05) is 12.1 Å². The van der Waals surface area contributed by atoms with Crippen LogP contribution in [0.15, 0.2) is 23.0 Å². The molecule has 2 aromatic rings. The van der Waals surface area contributed by atoms with Crippen LogP contribution in [0.5, 0.6) is 11.5 Å². The van der Waals surface area contributed by atoms with Gasteiger partial charge in [-0.25, -0.2) is 0 Å². The SMILES string of the molecule is Cc1[nH]c(=O)c(C#N)c(C)c1CCC(=O)O[C@H](C)C(=O)Nc1ccc2c(c1)OCO2. The van der Waals surface area contributed by atoms with Crippen LogP contribution in [0, 0.1) is 25.2 Å². The van der Waals surface area contributed by atoms with E-state index in [1.54, 1.807) is 32.0 Å². The van der Waals surface area contributed by atoms with Crippen molar-refractivity contribution in [3.05, 3.63) is 50.9 Å². The monoisotopic (exact) mass is 411 g/mol. The van der Waals surface area contributed by atoms with E-state index in [2.05, 4.69) is 10.3 Å². The molecule has 9 heteroatoms. The van der Waals surface area contributed by atoms with Crippen LogP contribution in [-0.4, -0.2) is 29.8 Å². The number of aromatic nitrogens is 1. The maximum Gasteiger partial charge on any atom is 0.306 e. The van der Waals surface area contributed by atoms with Crippen molar-refractivity contribution in [2.24, 2.45) is 0 Å². The molecule has 0 saturated carbocycles. The number of esters is 1. The standard InChI is InChI=1S/C21H21N3O6/c1-11-15(12(2)23-21(27)16(11)9-22)5-7-19(25)30-13(3)20(26)24-14-4-6-17-18(8-14)29-10-28-17/h4,6,8,13H,5,7,10H2,1-3H3,(H,23,27)(H,24,26)/t13-/m1/s1. The third kappa shape index (κ3) is 4.43. The Morgan fingerprint density at radius 2 is 2.03 bits per heavy atom. The second kappa shape index (κ2) is 8.69. The van der Waals surface area contributed by atoms with Gasteiger partial charge in [-0.1, -0.05) is 0 Å². The first kappa shape index (κ1) is 20.9. The van der Waals surface area contributed by atoms with Gasteiger partial charge in [-0.2, -0.15) is 5.26 Å². The number of anilines is 1. The van der Waals surface area contributed by atoms with Crippen LogP contribution in [0.4, 0.5) is 5.69 Å². The van der Waals surface area contributed by atoms with Crippen molar-refractivity contribution < 1.29 is 23.8 Å². The highest BCUT2D eigenvalue weighted by molar-refractivity contribution is 5.95. The second-order valence-electron chi connectivity index (χ2n) is 6.86. The normalized spacial score (nSPS) is 12.7. The summed E-state index contributed by atoms with van der Waals surface area (Å²) in [6.45, 7) is 4.98. The van der Waals surface area contributed by atoms with Crippen molar-refractivity contribution in [2.45, 2.75) is 39.7 Å². The highest BCUT2D eigenvalue weighted by Gasteiger charge is 2.20. The first-order chi connectivity index (χ1) is 14.3. The maximum absolute atomic E-state index is 12.3. The fourth-order valence-electron chi connectivity index (χ4n) is 3.18. The van der Waals surface area contributed by atoms with Crippen LogP contribution in [-0.2, 0) is 20.7 Å². The van der Waals surface area contributed by atoms with Gasteiger partial charge in [0, 0.05) is 23.9 Å². The summed E-state index contributed by atoms with van der Waals surface area (Å²) in [6.07, 6.45) is -0.728. The van der Waals surface area contributed by atoms with Crippen LogP contribution in [0.1, 0.15) is 35.7 Å². The molecule has 1 amide bonds. The van der Waals surface area contributed by atoms with E-state index in [9.17, 15) is 14.4 Å². The van der Waals surface area contributed by atoms with Crippen LogP contribution >= 0.6 is 0 Å². The van der Waals surface area contributed by atoms with E-state index in [0.717, 1.165) is 0 Å². The molecule has 0 saturated heterocycles. The van der Waals surface area contributed by atoms with Gasteiger partial charge in [0.2, 0.25) is 6.79 Å². The molecule has 1 aromatic carbocycles. The molecule has 3 rings (SSSR count). The van der Waals surface area contributed by atoms with Crippen molar-refractivity contribution in [1.82, 2.24) is 4.98 Å². The van der Waals surface area contributed by atoms with Crippen molar-refractivity contribution in [3.8, 4) is 17.6 Å². The van der Waals surface area contributed by atoms with E-state index < -0.39 is 23.5 Å². The van der Waals surface area contributed by atoms with Crippen molar-refractivity contribution >= 4 is 17.6 Å². The smallest absolute Gasteiger partial charge is 0.306 e. The number of nitriles is 1. The molecule has 1 atom stereocenters. The van der Waals surface area contributed by atoms with Gasteiger partial charge in [-0.05, 0) is 50.5 Å². The molecule has 0 fully saturated rings. The lowest BCUT2D eigenvalue weighted by molar-refractivity contribution is -0.153. The molecule has 0 spiro atoms. The van der Waals surface area contributed by atoms with Crippen LogP contribution in [0.2, 0.25) is 0 Å². The fourth-order valence-corrected chi connectivity index (χ4v) is 3.18. The lowest BCUT2D eigenvalue weighted by Gasteiger charge is -2.15. The summed E-state index contributed by atoms with van der Waals surface area (Å²) in [7, 11) is 0. The summed E-state index contributed by atoms with van der Waals surface area (Å²) in [5.41, 5.74) is 1.92. The van der Waals surface area contributed by atoms with Gasteiger partial charge in [0.15, 0.2) is 17.6 Å². The molecule has 2 heterocycles. The molecule has 156 valence electrons. The predicted molar refractivity (Wildman–Crippen MR) is 106 cm³/mol. The average Bonchev–Trinajstić information content (AvgIpc) is 3.15. The average molecular weight is 411 g/mol. The number of carbonyl (C=O) groups excluding carboxylic acids is 2. The number of fused-ring (bicyclic) bond motifs is 1. The van der Waals surface area contributed by atoms with Gasteiger partial charge in [0.25, 0.3) is 11.5 Å². The minimum absolute atomic E-state index is 0.000234. The Balaban J connectivity index is 1.57. The van der Waals surface area contributed by atoms with E-state index in [1.165, 1.54) is 6.92 Å². The minimum atomic E-state index is -1.00. The predicted octanol–water partition coefficient (Wildman–Crippen LogP) is 2.10. The van der Waals surface area contributed by atoms with E-state index in [0.29, 0.717) is 34.0 Å². The Bertz CT molecular complexity index is 1100. The largest absolute Gasteiger partial charge is 0.454 e. The number of nitrogens with zero attached hydrogens (tertiary/aromatic N) is 1. The number of nitrogens with one attached hydrogen (secondary N) is 2. The van der Waals surface area contributed by atoms with E-state index in [-0.39, 0.29) is 25.2 Å². The zero-order valence-corrected chi connectivity index (χ0v) is 16.8. The Labute approximate surface area is 172 Å². The second-order valence-corrected chi connectivity index (χ2v) is 6.86. The van der Waals surface area contributed by atoms with Gasteiger partial charge >= 0.3 is 5.97 Å². The molecule has 0 unspecified atom stereocenters. The number of H-pyrrole nitrogens is 1. The number of benzene rings is 1. The number of ether oxygens (including phenoxy) is 3. The van der Waals surface area contributed by atoms with Crippen molar-refractivity contribution in [1.29, 1.82) is 5.26 Å². The van der Waals surface area contributed by atoms with E-state index in [1.807, 2.05) is 6.07 Å². The number of aromatic amines is 1. The minimum Gasteiger partial charge on any atom is -0.454 e. The molecule has 2 N–H and O–H groups in total. The Hall–Kier alpha value is -3.80. The van der Waals surface area contributed by atoms with Gasteiger partial charge in [0.1, 0.15) is 11.6 Å². The van der Waals surface area contributed by atoms with Gasteiger partial charge < -0.3 is 24.5 Å². The van der Waals surface area contributed by atoms with Gasteiger partial charge in [-0.3, -0.25) is 14.4 Å². The quantitative estimate of drug-likeness (QED) is 0.696. The molecular formula is C21H21N3O6. The number of rotatable bonds is 6. The Morgan fingerprint density at radius 1 is 1.30 bits per heavy atom. The molecule has 0 aliphatic carbocycles. The number of hydrogen-bond acceptors (Lipinski definition) is 7. The van der Waals surface area contributed by atoms with Crippen LogP contribution in [0.3, 0.4) is 0 Å². The molecule has 9 nitrogen and oxygen atoms in total. The molecule has 0 radical (unpaired) electrons. The highest BCUT2D eigenvalue weighted by atomic mass is 16.7. The Kier molecular flexibility index (Phi) is 6.06. The summed E-state index contributed by atoms with van der Waals surface area (Å²) in [4.78, 5) is 38.9. The third-order valence-corrected chi connectivity index (χ3v) is 4.82. The fraction of sp³-hybridized carbons (Fsp3) is 0.333. The zero-order valence-electron chi connectivity index (χ0n) is 16.8. The lowest BCUT2D eigenvalue weighted by atomic mass is 9.99. The van der Waals surface area contributed by atoms with Crippen LogP contribution < -0.4 is 20.3 Å². The molecule has 1 aliphatic heterocycles. The third-order valence-electron chi connectivity index (χ3n) is 4.82. The Morgan fingerprint density at radius 3 is 2.77 bits per heavy atom. The lowest BCUT2D eigenvalue weighted by Crippen LogP contribution is -2.30. The van der Waals surface area contributed by atoms with Gasteiger partial charge in [-0.15, -0.1) is 0 Å². The number of aryl methyl sites for hydroxylation is 1. The number of hydrogen-bond donors (Lipinski definition) is 2. The molecule has 1 aromatic heterocycles. The zero-order chi connectivity index (χ0) is 21.8. The summed E-state index contributed by atoms with van der Waals surface area (Å²) in [5, 5.41) is 11.8. The first-order valence-electron chi connectivity index (χ1n) is 9.32. The molecule has 1 aliphatic rings. The summed E-state index contributed by atoms with van der Waals surface area (Å²) in [5.74, 6) is 0.0814. The molecular weight excluding hydrogens is 390 g/mol. The molecule has 0 bridgehead atoms. The van der Waals surface area contributed by atoms with E-state index in [4.69, 9.17) is 19.5 Å². The van der Waals surface area contributed by atoms with Crippen LogP contribution in [0.25, 0.3) is 0 Å². The number of pyridine rings is 1. The maximum atomic E-state index is 12.3. The molecule has 30 heavy (non-hydrogen) atoms.